The van der Waals surface area contributed by atoms with E-state index in [0.29, 0.717) is 18.4 Å². The molecule has 0 aliphatic rings. The molecule has 0 amide bonds. The molecule has 0 unspecified atom stereocenters. The van der Waals surface area contributed by atoms with Crippen molar-refractivity contribution in [3.05, 3.63) is 56.9 Å². The fourth-order valence-electron chi connectivity index (χ4n) is 2.00. The highest BCUT2D eigenvalue weighted by atomic mass is 79.9. The number of ether oxygens (including phenoxy) is 3. The Hall–Kier alpha value is -1.71. The van der Waals surface area contributed by atoms with Crippen LogP contribution in [0.2, 0.25) is 10.0 Å². The molecular weight excluding hydrogens is 505 g/mol. The number of rotatable bonds is 9. The van der Waals surface area contributed by atoms with Crippen LogP contribution >= 0.6 is 39.1 Å². The van der Waals surface area contributed by atoms with Gasteiger partial charge in [0.1, 0.15) is 12.4 Å². The lowest BCUT2D eigenvalue weighted by molar-refractivity contribution is -0.137. The van der Waals surface area contributed by atoms with Gasteiger partial charge in [-0.25, -0.2) is 4.98 Å². The van der Waals surface area contributed by atoms with Gasteiger partial charge >= 0.3 is 6.18 Å². The van der Waals surface area contributed by atoms with Gasteiger partial charge in [0.05, 0.1) is 28.8 Å². The standard InChI is InChI=1S/C18H14BrCl2F4NO3/c19-15(22)4-7-27-12-8-13(20)17(14(21)9-12)29-6-1-5-28-16-3-2-11(10-26-16)18(23,24)25/h2-4,8-10H,1,5-7H2. The van der Waals surface area contributed by atoms with Crippen LogP contribution in [0.25, 0.3) is 0 Å². The molecule has 2 aromatic rings. The summed E-state index contributed by atoms with van der Waals surface area (Å²) in [6.07, 6.45) is -2.16. The van der Waals surface area contributed by atoms with Gasteiger partial charge in [-0.2, -0.15) is 17.6 Å². The van der Waals surface area contributed by atoms with Crippen molar-refractivity contribution in [1.29, 1.82) is 0 Å². The van der Waals surface area contributed by atoms with Crippen LogP contribution in [-0.4, -0.2) is 24.8 Å². The lowest BCUT2D eigenvalue weighted by Crippen LogP contribution is -2.08. The second-order valence-corrected chi connectivity index (χ2v) is 7.03. The number of benzene rings is 1. The fourth-order valence-corrected chi connectivity index (χ4v) is 2.71. The number of halogens is 7. The Morgan fingerprint density at radius 2 is 1.72 bits per heavy atom. The Morgan fingerprint density at radius 3 is 2.28 bits per heavy atom. The predicted octanol–water partition coefficient (Wildman–Crippen LogP) is 6.84. The van der Waals surface area contributed by atoms with Gasteiger partial charge < -0.3 is 14.2 Å². The Morgan fingerprint density at radius 1 is 1.07 bits per heavy atom. The van der Waals surface area contributed by atoms with Crippen molar-refractivity contribution in [1.82, 2.24) is 4.98 Å². The predicted molar refractivity (Wildman–Crippen MR) is 105 cm³/mol. The average Bonchev–Trinajstić information content (AvgIpc) is 2.62. The van der Waals surface area contributed by atoms with Crippen molar-refractivity contribution in [2.45, 2.75) is 12.6 Å². The van der Waals surface area contributed by atoms with Crippen LogP contribution in [0.1, 0.15) is 12.0 Å². The van der Waals surface area contributed by atoms with E-state index in [9.17, 15) is 17.6 Å². The summed E-state index contributed by atoms with van der Waals surface area (Å²) in [5, 5.41) is 0.419. The Bertz CT molecular complexity index is 821. The molecule has 0 aliphatic heterocycles. The summed E-state index contributed by atoms with van der Waals surface area (Å²) in [5.74, 6) is 0.661. The maximum Gasteiger partial charge on any atom is 0.417 e. The number of nitrogens with zero attached hydrogens (tertiary/aromatic N) is 1. The molecule has 0 bridgehead atoms. The lowest BCUT2D eigenvalue weighted by Gasteiger charge is -2.12. The van der Waals surface area contributed by atoms with Crippen LogP contribution in [0.4, 0.5) is 17.6 Å². The molecule has 0 aliphatic carbocycles. The average molecular weight is 519 g/mol. The normalized spacial score (nSPS) is 12.0. The van der Waals surface area contributed by atoms with E-state index in [1.165, 1.54) is 18.2 Å². The molecular formula is C18H14BrCl2F4NO3. The second-order valence-electron chi connectivity index (χ2n) is 5.45. The minimum Gasteiger partial charge on any atom is -0.490 e. The molecule has 1 aromatic heterocycles. The molecule has 1 heterocycles. The third-order valence-electron chi connectivity index (χ3n) is 3.31. The number of alkyl halides is 3. The third-order valence-corrected chi connectivity index (χ3v) is 4.19. The highest BCUT2D eigenvalue weighted by Gasteiger charge is 2.30. The van der Waals surface area contributed by atoms with Crippen molar-refractivity contribution in [2.24, 2.45) is 0 Å². The summed E-state index contributed by atoms with van der Waals surface area (Å²) in [6.45, 7) is 0.344. The van der Waals surface area contributed by atoms with Crippen LogP contribution in [0.15, 0.2) is 41.3 Å². The van der Waals surface area contributed by atoms with Crippen molar-refractivity contribution in [3.8, 4) is 17.4 Å². The van der Waals surface area contributed by atoms with Gasteiger partial charge in [-0.1, -0.05) is 23.2 Å². The zero-order valence-electron chi connectivity index (χ0n) is 14.6. The van der Waals surface area contributed by atoms with E-state index in [0.717, 1.165) is 12.1 Å². The zero-order valence-corrected chi connectivity index (χ0v) is 17.7. The van der Waals surface area contributed by atoms with Crippen LogP contribution in [0.3, 0.4) is 0 Å². The molecule has 158 valence electrons. The lowest BCUT2D eigenvalue weighted by atomic mass is 10.3. The summed E-state index contributed by atoms with van der Waals surface area (Å²) >= 11 is 14.9. The molecule has 4 nitrogen and oxygen atoms in total. The van der Waals surface area contributed by atoms with Gasteiger partial charge in [-0.15, -0.1) is 0 Å². The Balaban J connectivity index is 1.79. The molecule has 11 heteroatoms. The number of hydrogen-bond donors (Lipinski definition) is 0. The Labute approximate surface area is 182 Å². The Kier molecular flexibility index (Phi) is 8.85. The van der Waals surface area contributed by atoms with Crippen LogP contribution in [0, 0.1) is 0 Å². The third kappa shape index (κ3) is 7.91. The zero-order chi connectivity index (χ0) is 21.4. The van der Waals surface area contributed by atoms with Gasteiger partial charge in [-0.05, 0) is 28.1 Å². The molecule has 0 saturated carbocycles. The van der Waals surface area contributed by atoms with Gasteiger partial charge in [0.25, 0.3) is 0 Å². The van der Waals surface area contributed by atoms with E-state index >= 15 is 0 Å². The topological polar surface area (TPSA) is 40.6 Å². The van der Waals surface area contributed by atoms with E-state index in [2.05, 4.69) is 20.9 Å². The van der Waals surface area contributed by atoms with E-state index < -0.39 is 16.5 Å². The molecule has 0 spiro atoms. The first-order valence-corrected chi connectivity index (χ1v) is 9.63. The highest BCUT2D eigenvalue weighted by molar-refractivity contribution is 9.11. The van der Waals surface area contributed by atoms with Crippen molar-refractivity contribution in [3.63, 3.8) is 0 Å². The summed E-state index contributed by atoms with van der Waals surface area (Å²) in [4.78, 5) is 3.60. The number of aromatic nitrogens is 1. The minimum atomic E-state index is -4.45. The van der Waals surface area contributed by atoms with Crippen molar-refractivity contribution in [2.75, 3.05) is 19.8 Å². The highest BCUT2D eigenvalue weighted by Crippen LogP contribution is 2.37. The molecule has 1 aromatic carbocycles. The van der Waals surface area contributed by atoms with Gasteiger partial charge in [0, 0.05) is 30.8 Å². The molecule has 0 fully saturated rings. The molecule has 2 rings (SSSR count). The van der Waals surface area contributed by atoms with E-state index in [1.807, 2.05) is 0 Å². The maximum atomic E-state index is 12.6. The van der Waals surface area contributed by atoms with Crippen LogP contribution < -0.4 is 14.2 Å². The number of hydrogen-bond acceptors (Lipinski definition) is 4. The smallest absolute Gasteiger partial charge is 0.417 e. The monoisotopic (exact) mass is 517 g/mol. The number of pyridine rings is 1. The largest absolute Gasteiger partial charge is 0.490 e. The van der Waals surface area contributed by atoms with E-state index in [1.54, 1.807) is 0 Å². The van der Waals surface area contributed by atoms with E-state index in [-0.39, 0.29) is 41.5 Å². The molecule has 0 radical (unpaired) electrons. The minimum absolute atomic E-state index is 0.0146. The van der Waals surface area contributed by atoms with Gasteiger partial charge in [0.15, 0.2) is 10.5 Å². The van der Waals surface area contributed by atoms with Crippen molar-refractivity contribution < 1.29 is 31.8 Å². The summed E-state index contributed by atoms with van der Waals surface area (Å²) in [5.41, 5.74) is -0.849. The van der Waals surface area contributed by atoms with Crippen LogP contribution in [-0.2, 0) is 6.18 Å². The van der Waals surface area contributed by atoms with Crippen molar-refractivity contribution >= 4 is 39.1 Å². The quantitative estimate of drug-likeness (QED) is 0.269. The van der Waals surface area contributed by atoms with E-state index in [4.69, 9.17) is 37.4 Å². The fraction of sp³-hybridized carbons (Fsp3) is 0.278. The molecule has 0 atom stereocenters. The summed E-state index contributed by atoms with van der Waals surface area (Å²) in [7, 11) is 0. The van der Waals surface area contributed by atoms with Gasteiger partial charge in [-0.3, -0.25) is 0 Å². The maximum absolute atomic E-state index is 12.6. The first kappa shape index (κ1) is 23.6. The summed E-state index contributed by atoms with van der Waals surface area (Å²) in [6, 6.07) is 4.99. The van der Waals surface area contributed by atoms with Crippen LogP contribution in [0.5, 0.6) is 17.4 Å². The summed E-state index contributed by atoms with van der Waals surface area (Å²) < 4.78 is 65.5. The first-order chi connectivity index (χ1) is 13.7. The molecule has 0 N–H and O–H groups in total. The van der Waals surface area contributed by atoms with Gasteiger partial charge in [0.2, 0.25) is 5.88 Å². The molecule has 0 saturated heterocycles. The SMILES string of the molecule is FC(Br)=CCOc1cc(Cl)c(OCCCOc2ccc(C(F)(F)F)cn2)c(Cl)c1. The first-order valence-electron chi connectivity index (χ1n) is 8.08. The second kappa shape index (κ2) is 10.9. The molecule has 29 heavy (non-hydrogen) atoms.